The summed E-state index contributed by atoms with van der Waals surface area (Å²) in [5.41, 5.74) is 2.33. The molecule has 2 aliphatic rings. The lowest BCUT2D eigenvalue weighted by molar-refractivity contribution is 0.0301. The lowest BCUT2D eigenvalue weighted by Crippen LogP contribution is -2.46. The molecule has 0 aromatic heterocycles. The Morgan fingerprint density at radius 3 is 2.46 bits per heavy atom. The zero-order chi connectivity index (χ0) is 24.2. The van der Waals surface area contributed by atoms with Crippen LogP contribution in [0.5, 0.6) is 11.5 Å². The van der Waals surface area contributed by atoms with Crippen LogP contribution in [0.4, 0.5) is 5.69 Å². The summed E-state index contributed by atoms with van der Waals surface area (Å²) in [6, 6.07) is 18.0. The van der Waals surface area contributed by atoms with Gasteiger partial charge in [0.05, 0.1) is 31.1 Å². The number of carbonyl (C=O) groups is 1. The van der Waals surface area contributed by atoms with Gasteiger partial charge in [-0.3, -0.25) is 9.69 Å². The van der Waals surface area contributed by atoms with Gasteiger partial charge < -0.3 is 24.4 Å². The first kappa shape index (κ1) is 23.5. The number of amides is 1. The van der Waals surface area contributed by atoms with Crippen LogP contribution >= 0.6 is 0 Å². The van der Waals surface area contributed by atoms with Crippen LogP contribution < -0.4 is 9.64 Å². The number of hydrogen-bond acceptors (Lipinski definition) is 6. The van der Waals surface area contributed by atoms with Gasteiger partial charge in [-0.15, -0.1) is 0 Å². The number of aromatic hydroxyl groups is 1. The Hall–Kier alpha value is -3.29. The predicted octanol–water partition coefficient (Wildman–Crippen LogP) is 3.74. The van der Waals surface area contributed by atoms with Crippen LogP contribution in [-0.4, -0.2) is 79.9 Å². The van der Waals surface area contributed by atoms with Gasteiger partial charge in [0.2, 0.25) is 0 Å². The molecular formula is C28H33N3O4. The second kappa shape index (κ2) is 10.5. The highest BCUT2D eigenvalue weighted by molar-refractivity contribution is 6.03. The van der Waals surface area contributed by atoms with E-state index in [1.54, 1.807) is 4.90 Å². The van der Waals surface area contributed by atoms with E-state index in [2.05, 4.69) is 15.9 Å². The van der Waals surface area contributed by atoms with E-state index in [0.717, 1.165) is 54.0 Å². The van der Waals surface area contributed by atoms with E-state index in [1.165, 1.54) is 0 Å². The van der Waals surface area contributed by atoms with Crippen LogP contribution in [0.15, 0.2) is 54.6 Å². The molecule has 0 spiro atoms. The fraction of sp³-hybridized carbons (Fsp3) is 0.393. The van der Waals surface area contributed by atoms with E-state index in [0.29, 0.717) is 45.0 Å². The van der Waals surface area contributed by atoms with Crippen molar-refractivity contribution in [1.29, 1.82) is 0 Å². The molecule has 184 valence electrons. The molecule has 1 amide bonds. The summed E-state index contributed by atoms with van der Waals surface area (Å²) < 4.78 is 11.2. The van der Waals surface area contributed by atoms with Crippen LogP contribution in [0.3, 0.4) is 0 Å². The molecule has 0 aliphatic carbocycles. The number of nitrogens with zero attached hydrogens (tertiary/aromatic N) is 3. The van der Waals surface area contributed by atoms with Gasteiger partial charge in [0.25, 0.3) is 5.91 Å². The standard InChI is InChI=1S/C28H33N3O4/c1-2-35-26-10-6-5-9-25(26)30-13-11-29(12-14-30)20-24-22-8-4-3-7-21(22)19-23(27(24)32)28(33)31-15-17-34-18-16-31/h3-10,19,32H,2,11-18,20H2,1H3. The molecule has 3 aromatic carbocycles. The zero-order valence-corrected chi connectivity index (χ0v) is 20.3. The maximum Gasteiger partial charge on any atom is 0.257 e. The maximum atomic E-state index is 13.3. The molecule has 0 atom stereocenters. The Morgan fingerprint density at radius 2 is 1.69 bits per heavy atom. The van der Waals surface area contributed by atoms with E-state index in [1.807, 2.05) is 55.5 Å². The molecule has 3 aromatic rings. The van der Waals surface area contributed by atoms with Gasteiger partial charge in [0, 0.05) is 51.4 Å². The Labute approximate surface area is 206 Å². The number of ether oxygens (including phenoxy) is 2. The summed E-state index contributed by atoms with van der Waals surface area (Å²) >= 11 is 0. The monoisotopic (exact) mass is 475 g/mol. The summed E-state index contributed by atoms with van der Waals surface area (Å²) in [6.45, 7) is 8.85. The van der Waals surface area contributed by atoms with Crippen LogP contribution in [0.25, 0.3) is 10.8 Å². The van der Waals surface area contributed by atoms with Gasteiger partial charge in [-0.1, -0.05) is 36.4 Å². The van der Waals surface area contributed by atoms with E-state index in [-0.39, 0.29) is 11.7 Å². The molecule has 0 unspecified atom stereocenters. The number of fused-ring (bicyclic) bond motifs is 1. The smallest absolute Gasteiger partial charge is 0.257 e. The summed E-state index contributed by atoms with van der Waals surface area (Å²) in [5, 5.41) is 13.3. The van der Waals surface area contributed by atoms with Crippen molar-refractivity contribution in [1.82, 2.24) is 9.80 Å². The van der Waals surface area contributed by atoms with Crippen LogP contribution in [0, 0.1) is 0 Å². The van der Waals surface area contributed by atoms with E-state index < -0.39 is 0 Å². The molecule has 0 radical (unpaired) electrons. The van der Waals surface area contributed by atoms with Crippen LogP contribution in [-0.2, 0) is 11.3 Å². The van der Waals surface area contributed by atoms with Gasteiger partial charge in [0.1, 0.15) is 11.5 Å². The van der Waals surface area contributed by atoms with Crippen molar-refractivity contribution in [2.75, 3.05) is 64.0 Å². The number of phenolic OH excluding ortho intramolecular Hbond substituents is 1. The molecular weight excluding hydrogens is 442 g/mol. The first-order valence-corrected chi connectivity index (χ1v) is 12.5. The molecule has 0 saturated carbocycles. The van der Waals surface area contributed by atoms with Crippen molar-refractivity contribution in [2.45, 2.75) is 13.5 Å². The molecule has 1 N–H and O–H groups in total. The molecule has 0 bridgehead atoms. The molecule has 7 heteroatoms. The second-order valence-electron chi connectivity index (χ2n) is 9.04. The number of para-hydroxylation sites is 2. The molecule has 2 saturated heterocycles. The maximum absolute atomic E-state index is 13.3. The normalized spacial score (nSPS) is 17.1. The largest absolute Gasteiger partial charge is 0.507 e. The van der Waals surface area contributed by atoms with Crippen molar-refractivity contribution < 1.29 is 19.4 Å². The van der Waals surface area contributed by atoms with Crippen LogP contribution in [0.2, 0.25) is 0 Å². The Kier molecular flexibility index (Phi) is 7.06. The van der Waals surface area contributed by atoms with Gasteiger partial charge in [0.15, 0.2) is 0 Å². The summed E-state index contributed by atoms with van der Waals surface area (Å²) in [5.74, 6) is 0.890. The Balaban J connectivity index is 1.37. The first-order chi connectivity index (χ1) is 17.2. The fourth-order valence-electron chi connectivity index (χ4n) is 5.04. The van der Waals surface area contributed by atoms with E-state index >= 15 is 0 Å². The van der Waals surface area contributed by atoms with Crippen molar-refractivity contribution in [3.63, 3.8) is 0 Å². The lowest BCUT2D eigenvalue weighted by Gasteiger charge is -2.37. The number of benzene rings is 3. The van der Waals surface area contributed by atoms with Crippen molar-refractivity contribution in [2.24, 2.45) is 0 Å². The van der Waals surface area contributed by atoms with Gasteiger partial charge in [-0.05, 0) is 35.9 Å². The second-order valence-corrected chi connectivity index (χ2v) is 9.04. The average Bonchev–Trinajstić information content (AvgIpc) is 2.91. The number of carbonyl (C=O) groups excluding carboxylic acids is 1. The number of piperazine rings is 1. The number of morpholine rings is 1. The predicted molar refractivity (Wildman–Crippen MR) is 137 cm³/mol. The van der Waals surface area contributed by atoms with E-state index in [9.17, 15) is 9.90 Å². The topological polar surface area (TPSA) is 65.5 Å². The lowest BCUT2D eigenvalue weighted by atomic mass is 9.97. The molecule has 5 rings (SSSR count). The minimum absolute atomic E-state index is 0.101. The fourth-order valence-corrected chi connectivity index (χ4v) is 5.04. The minimum atomic E-state index is -0.129. The summed E-state index contributed by atoms with van der Waals surface area (Å²) in [4.78, 5) is 19.8. The Bertz CT molecular complexity index is 1180. The highest BCUT2D eigenvalue weighted by Crippen LogP contribution is 2.34. The van der Waals surface area contributed by atoms with Gasteiger partial charge in [-0.25, -0.2) is 0 Å². The molecule has 2 heterocycles. The molecule has 35 heavy (non-hydrogen) atoms. The number of hydrogen-bond donors (Lipinski definition) is 1. The molecule has 2 aliphatic heterocycles. The highest BCUT2D eigenvalue weighted by Gasteiger charge is 2.26. The van der Waals surface area contributed by atoms with Gasteiger partial charge >= 0.3 is 0 Å². The quantitative estimate of drug-likeness (QED) is 0.586. The van der Waals surface area contributed by atoms with Crippen LogP contribution in [0.1, 0.15) is 22.8 Å². The van der Waals surface area contributed by atoms with Crippen molar-refractivity contribution in [3.8, 4) is 11.5 Å². The van der Waals surface area contributed by atoms with Crippen molar-refractivity contribution in [3.05, 3.63) is 65.7 Å². The molecule has 7 nitrogen and oxygen atoms in total. The first-order valence-electron chi connectivity index (χ1n) is 12.5. The zero-order valence-electron chi connectivity index (χ0n) is 20.3. The SMILES string of the molecule is CCOc1ccccc1N1CCN(Cc2c(O)c(C(=O)N3CCOCC3)cc3ccccc23)CC1. The third-order valence-corrected chi connectivity index (χ3v) is 6.92. The van der Waals surface area contributed by atoms with Gasteiger partial charge in [-0.2, -0.15) is 0 Å². The highest BCUT2D eigenvalue weighted by atomic mass is 16.5. The molecule has 2 fully saturated rings. The summed E-state index contributed by atoms with van der Waals surface area (Å²) in [6.07, 6.45) is 0. The number of phenols is 1. The number of rotatable bonds is 6. The minimum Gasteiger partial charge on any atom is -0.507 e. The average molecular weight is 476 g/mol. The summed E-state index contributed by atoms with van der Waals surface area (Å²) in [7, 11) is 0. The van der Waals surface area contributed by atoms with Crippen molar-refractivity contribution >= 4 is 22.4 Å². The third-order valence-electron chi connectivity index (χ3n) is 6.92. The Morgan fingerprint density at radius 1 is 0.971 bits per heavy atom. The third kappa shape index (κ3) is 4.92. The number of anilines is 1. The van der Waals surface area contributed by atoms with E-state index in [4.69, 9.17) is 9.47 Å².